The molecule has 0 saturated carbocycles. The highest BCUT2D eigenvalue weighted by Crippen LogP contribution is 2.38. The zero-order valence-electron chi connectivity index (χ0n) is 15.6. The van der Waals surface area contributed by atoms with Crippen molar-refractivity contribution in [2.24, 2.45) is 17.3 Å². The average Bonchev–Trinajstić information content (AvgIpc) is 2.31. The van der Waals surface area contributed by atoms with E-state index in [9.17, 15) is 9.59 Å². The van der Waals surface area contributed by atoms with Gasteiger partial charge in [-0.2, -0.15) is 0 Å². The molecule has 22 heavy (non-hydrogen) atoms. The topological polar surface area (TPSA) is 52.6 Å². The number of hydrogen-bond acceptors (Lipinski definition) is 4. The van der Waals surface area contributed by atoms with Crippen LogP contribution in [0.1, 0.15) is 74.7 Å². The molecule has 0 amide bonds. The van der Waals surface area contributed by atoms with Gasteiger partial charge in [-0.3, -0.25) is 9.59 Å². The van der Waals surface area contributed by atoms with Gasteiger partial charge in [0, 0.05) is 0 Å². The fraction of sp³-hybridized carbons (Fsp3) is 0.889. The van der Waals surface area contributed by atoms with E-state index in [0.29, 0.717) is 12.3 Å². The van der Waals surface area contributed by atoms with Crippen LogP contribution in [0.4, 0.5) is 0 Å². The first kappa shape index (κ1) is 20.9. The monoisotopic (exact) mass is 314 g/mol. The largest absolute Gasteiger partial charge is 0.462 e. The highest BCUT2D eigenvalue weighted by Gasteiger charge is 2.51. The summed E-state index contributed by atoms with van der Waals surface area (Å²) in [6, 6.07) is 0. The third-order valence-corrected chi connectivity index (χ3v) is 3.75. The maximum atomic E-state index is 12.7. The minimum Gasteiger partial charge on any atom is -0.462 e. The molecule has 0 aromatic heterocycles. The average molecular weight is 314 g/mol. The minimum atomic E-state index is -1.20. The molecule has 0 rings (SSSR count). The van der Waals surface area contributed by atoms with Crippen molar-refractivity contribution in [3.05, 3.63) is 0 Å². The molecule has 0 aliphatic heterocycles. The lowest BCUT2D eigenvalue weighted by Crippen LogP contribution is -2.47. The molecule has 0 atom stereocenters. The molecule has 0 radical (unpaired) electrons. The number of ether oxygens (including phenoxy) is 2. The Labute approximate surface area is 135 Å². The summed E-state index contributed by atoms with van der Waals surface area (Å²) in [6.07, 6.45) is 1.75. The highest BCUT2D eigenvalue weighted by molar-refractivity contribution is 6.00. The molecule has 0 aromatic carbocycles. The Morgan fingerprint density at radius 1 is 0.818 bits per heavy atom. The van der Waals surface area contributed by atoms with Gasteiger partial charge in [-0.1, -0.05) is 40.5 Å². The molecule has 0 aliphatic rings. The summed E-state index contributed by atoms with van der Waals surface area (Å²) in [7, 11) is 0. The van der Waals surface area contributed by atoms with E-state index in [0.717, 1.165) is 12.8 Å². The van der Waals surface area contributed by atoms with Crippen molar-refractivity contribution in [1.29, 1.82) is 0 Å². The summed E-state index contributed by atoms with van der Waals surface area (Å²) < 4.78 is 10.8. The lowest BCUT2D eigenvalue weighted by molar-refractivity contribution is -0.181. The Balaban J connectivity index is 5.44. The van der Waals surface area contributed by atoms with E-state index in [1.165, 1.54) is 0 Å². The zero-order chi connectivity index (χ0) is 17.5. The smallest absolute Gasteiger partial charge is 0.324 e. The van der Waals surface area contributed by atoms with Crippen LogP contribution in [0.25, 0.3) is 0 Å². The van der Waals surface area contributed by atoms with E-state index >= 15 is 0 Å². The van der Waals surface area contributed by atoms with Gasteiger partial charge in [0.05, 0.1) is 12.2 Å². The number of carbonyl (C=O) groups excluding carboxylic acids is 2. The fourth-order valence-corrected chi connectivity index (χ4v) is 2.48. The quantitative estimate of drug-likeness (QED) is 0.469. The number of carbonyl (C=O) groups is 2. The summed E-state index contributed by atoms with van der Waals surface area (Å²) in [4.78, 5) is 25.4. The van der Waals surface area contributed by atoms with Gasteiger partial charge in [-0.05, 0) is 46.0 Å². The van der Waals surface area contributed by atoms with Gasteiger partial charge in [0.15, 0.2) is 5.41 Å². The normalized spacial score (nSPS) is 12.4. The van der Waals surface area contributed by atoms with Crippen molar-refractivity contribution in [3.8, 4) is 0 Å². The van der Waals surface area contributed by atoms with Crippen LogP contribution in [-0.2, 0) is 19.1 Å². The lowest BCUT2D eigenvalue weighted by Gasteiger charge is -2.34. The molecule has 4 nitrogen and oxygen atoms in total. The van der Waals surface area contributed by atoms with Gasteiger partial charge in [-0.15, -0.1) is 0 Å². The highest BCUT2D eigenvalue weighted by atomic mass is 16.6. The number of rotatable bonds is 9. The molecule has 130 valence electrons. The van der Waals surface area contributed by atoms with Crippen LogP contribution in [0, 0.1) is 17.3 Å². The predicted octanol–water partition coefficient (Wildman–Crippen LogP) is 4.36. The van der Waals surface area contributed by atoms with Gasteiger partial charge in [0.25, 0.3) is 0 Å². The lowest BCUT2D eigenvalue weighted by atomic mass is 9.72. The van der Waals surface area contributed by atoms with Gasteiger partial charge < -0.3 is 9.47 Å². The van der Waals surface area contributed by atoms with Crippen LogP contribution >= 0.6 is 0 Å². The molecule has 0 unspecified atom stereocenters. The first-order valence-corrected chi connectivity index (χ1v) is 8.46. The summed E-state index contributed by atoms with van der Waals surface area (Å²) in [5, 5.41) is 0. The predicted molar refractivity (Wildman–Crippen MR) is 88.4 cm³/mol. The summed E-state index contributed by atoms with van der Waals surface area (Å²) >= 11 is 0. The van der Waals surface area contributed by atoms with Crippen molar-refractivity contribution < 1.29 is 19.1 Å². The minimum absolute atomic E-state index is 0.169. The van der Waals surface area contributed by atoms with E-state index in [1.54, 1.807) is 27.7 Å². The van der Waals surface area contributed by atoms with Gasteiger partial charge in [-0.25, -0.2) is 0 Å². The van der Waals surface area contributed by atoms with Gasteiger partial charge in [0.1, 0.15) is 0 Å². The SMILES string of the molecule is CC(C)CCCC(C(=O)OC(C)C)(C(=O)OC(C)C)C(C)C. The Kier molecular flexibility index (Phi) is 8.72. The molecule has 0 N–H and O–H groups in total. The van der Waals surface area contributed by atoms with E-state index in [2.05, 4.69) is 13.8 Å². The van der Waals surface area contributed by atoms with Crippen molar-refractivity contribution in [2.75, 3.05) is 0 Å². The fourth-order valence-electron chi connectivity index (χ4n) is 2.48. The number of esters is 2. The van der Waals surface area contributed by atoms with E-state index in [-0.39, 0.29) is 18.1 Å². The third-order valence-electron chi connectivity index (χ3n) is 3.75. The molecular weight excluding hydrogens is 280 g/mol. The van der Waals surface area contributed by atoms with Gasteiger partial charge >= 0.3 is 11.9 Å². The molecule has 0 heterocycles. The van der Waals surface area contributed by atoms with Crippen molar-refractivity contribution in [3.63, 3.8) is 0 Å². The van der Waals surface area contributed by atoms with Gasteiger partial charge in [0.2, 0.25) is 0 Å². The van der Waals surface area contributed by atoms with Crippen molar-refractivity contribution in [2.45, 2.75) is 86.9 Å². The standard InChI is InChI=1S/C18H34O4/c1-12(2)10-9-11-18(13(3)4,16(19)21-14(5)6)17(20)22-15(7)8/h12-15H,9-11H2,1-8H3. The summed E-state index contributed by atoms with van der Waals surface area (Å²) in [5.41, 5.74) is -1.20. The summed E-state index contributed by atoms with van der Waals surface area (Å²) in [6.45, 7) is 15.2. The molecule has 0 aromatic rings. The van der Waals surface area contributed by atoms with Crippen molar-refractivity contribution in [1.82, 2.24) is 0 Å². The van der Waals surface area contributed by atoms with Crippen LogP contribution in [0.3, 0.4) is 0 Å². The first-order valence-electron chi connectivity index (χ1n) is 8.46. The second kappa shape index (κ2) is 9.16. The van der Waals surface area contributed by atoms with Crippen LogP contribution < -0.4 is 0 Å². The van der Waals surface area contributed by atoms with E-state index < -0.39 is 17.4 Å². The second-order valence-corrected chi connectivity index (χ2v) is 7.32. The molecular formula is C18H34O4. The molecule has 0 bridgehead atoms. The van der Waals surface area contributed by atoms with E-state index in [4.69, 9.17) is 9.47 Å². The maximum Gasteiger partial charge on any atom is 0.324 e. The number of hydrogen-bond donors (Lipinski definition) is 0. The summed E-state index contributed by atoms with van der Waals surface area (Å²) in [5.74, 6) is -0.539. The Morgan fingerprint density at radius 3 is 1.50 bits per heavy atom. The second-order valence-electron chi connectivity index (χ2n) is 7.32. The zero-order valence-corrected chi connectivity index (χ0v) is 15.6. The Morgan fingerprint density at radius 2 is 1.23 bits per heavy atom. The van der Waals surface area contributed by atoms with Crippen LogP contribution in [-0.4, -0.2) is 24.1 Å². The molecule has 0 aliphatic carbocycles. The van der Waals surface area contributed by atoms with E-state index in [1.807, 2.05) is 13.8 Å². The Bertz CT molecular complexity index is 334. The third kappa shape index (κ3) is 5.98. The molecule has 4 heteroatoms. The van der Waals surface area contributed by atoms with Crippen molar-refractivity contribution >= 4 is 11.9 Å². The van der Waals surface area contributed by atoms with Crippen LogP contribution in [0.5, 0.6) is 0 Å². The van der Waals surface area contributed by atoms with Crippen LogP contribution in [0.15, 0.2) is 0 Å². The molecule has 0 spiro atoms. The first-order chi connectivity index (χ1) is 10.0. The molecule has 0 saturated heterocycles. The Hall–Kier alpha value is -1.06. The molecule has 0 fully saturated rings. The maximum absolute atomic E-state index is 12.7. The van der Waals surface area contributed by atoms with Crippen LogP contribution in [0.2, 0.25) is 0 Å².